The van der Waals surface area contributed by atoms with Crippen LogP contribution in [0.1, 0.15) is 10.4 Å². The fourth-order valence-corrected chi connectivity index (χ4v) is 2.05. The summed E-state index contributed by atoms with van der Waals surface area (Å²) in [5.74, 6) is -1.92. The minimum absolute atomic E-state index is 0.0510. The number of anilines is 1. The van der Waals surface area contributed by atoms with E-state index in [9.17, 15) is 19.3 Å². The van der Waals surface area contributed by atoms with Gasteiger partial charge in [0, 0.05) is 12.1 Å². The molecule has 0 saturated heterocycles. The minimum Gasteiger partial charge on any atom is -0.320 e. The van der Waals surface area contributed by atoms with Crippen LogP contribution in [0.4, 0.5) is 15.8 Å². The Balaban J connectivity index is 2.35. The van der Waals surface area contributed by atoms with Gasteiger partial charge in [-0.15, -0.1) is 0 Å². The van der Waals surface area contributed by atoms with E-state index in [-0.39, 0.29) is 26.4 Å². The van der Waals surface area contributed by atoms with Gasteiger partial charge in [-0.3, -0.25) is 14.9 Å². The maximum absolute atomic E-state index is 13.4. The number of amides is 1. The van der Waals surface area contributed by atoms with Gasteiger partial charge in [-0.25, -0.2) is 4.98 Å². The number of hydrogen-bond acceptors (Lipinski definition) is 4. The van der Waals surface area contributed by atoms with Gasteiger partial charge in [0.2, 0.25) is 5.82 Å². The van der Waals surface area contributed by atoms with Gasteiger partial charge in [0.1, 0.15) is 5.15 Å². The van der Waals surface area contributed by atoms with Crippen LogP contribution in [0.5, 0.6) is 0 Å². The van der Waals surface area contributed by atoms with Gasteiger partial charge >= 0.3 is 5.69 Å². The Bertz CT molecular complexity index is 786. The molecule has 114 valence electrons. The molecule has 6 nitrogen and oxygen atoms in total. The lowest BCUT2D eigenvalue weighted by atomic mass is 10.1. The molecule has 1 heterocycles. The molecule has 1 aromatic heterocycles. The Morgan fingerprint density at radius 3 is 2.50 bits per heavy atom. The molecule has 2 rings (SSSR count). The molecule has 22 heavy (non-hydrogen) atoms. The summed E-state index contributed by atoms with van der Waals surface area (Å²) in [6.45, 7) is 0. The number of carbonyl (C=O) groups is 1. The van der Waals surface area contributed by atoms with Crippen LogP contribution in [-0.2, 0) is 0 Å². The molecule has 0 unspecified atom stereocenters. The van der Waals surface area contributed by atoms with Crippen molar-refractivity contribution in [1.29, 1.82) is 0 Å². The third-order valence-corrected chi connectivity index (χ3v) is 3.53. The SMILES string of the molecule is O=C(Nc1cnc(Cl)c(Cl)c1)c1cc([N+](=O)[O-])c(F)cc1Cl. The van der Waals surface area contributed by atoms with Gasteiger partial charge in [-0.2, -0.15) is 4.39 Å². The van der Waals surface area contributed by atoms with Crippen LogP contribution in [0.3, 0.4) is 0 Å². The number of hydrogen-bond donors (Lipinski definition) is 1. The molecule has 1 N–H and O–H groups in total. The molecule has 10 heteroatoms. The molecule has 1 aromatic carbocycles. The number of rotatable bonds is 3. The van der Waals surface area contributed by atoms with E-state index in [1.165, 1.54) is 12.3 Å². The summed E-state index contributed by atoms with van der Waals surface area (Å²) >= 11 is 17.1. The molecule has 0 radical (unpaired) electrons. The lowest BCUT2D eigenvalue weighted by Gasteiger charge is -2.07. The number of nitro benzene ring substituents is 1. The fourth-order valence-electron chi connectivity index (χ4n) is 1.54. The van der Waals surface area contributed by atoms with Crippen molar-refractivity contribution in [2.75, 3.05) is 5.32 Å². The molecule has 0 bridgehead atoms. The second-order valence-electron chi connectivity index (χ2n) is 3.99. The molecule has 1 amide bonds. The van der Waals surface area contributed by atoms with Crippen LogP contribution in [0.15, 0.2) is 24.4 Å². The maximum atomic E-state index is 13.4. The van der Waals surface area contributed by atoms with Crippen LogP contribution in [0, 0.1) is 15.9 Å². The van der Waals surface area contributed by atoms with Gasteiger partial charge in [0.25, 0.3) is 5.91 Å². The van der Waals surface area contributed by atoms with Crippen molar-refractivity contribution < 1.29 is 14.1 Å². The van der Waals surface area contributed by atoms with Crippen LogP contribution in [0.2, 0.25) is 15.2 Å². The smallest absolute Gasteiger partial charge is 0.305 e. The number of nitrogens with one attached hydrogen (secondary N) is 1. The average molecular weight is 365 g/mol. The molecule has 0 spiro atoms. The Morgan fingerprint density at radius 2 is 1.91 bits per heavy atom. The lowest BCUT2D eigenvalue weighted by molar-refractivity contribution is -0.387. The van der Waals surface area contributed by atoms with E-state index in [4.69, 9.17) is 34.8 Å². The molecule has 0 fully saturated rings. The normalized spacial score (nSPS) is 10.4. The standard InChI is InChI=1S/C12H5Cl3FN3O3/c13-7-3-9(16)10(19(21)22)2-6(7)12(20)18-5-1-8(14)11(15)17-4-5/h1-4H,(H,18,20). The number of nitro groups is 1. The van der Waals surface area contributed by atoms with Crippen molar-refractivity contribution in [2.24, 2.45) is 0 Å². The van der Waals surface area contributed by atoms with Crippen molar-refractivity contribution in [3.05, 3.63) is 61.1 Å². The monoisotopic (exact) mass is 363 g/mol. The summed E-state index contributed by atoms with van der Waals surface area (Å²) in [6, 6.07) is 2.78. The highest BCUT2D eigenvalue weighted by atomic mass is 35.5. The number of benzene rings is 1. The molecular weight excluding hydrogens is 360 g/mol. The van der Waals surface area contributed by atoms with Gasteiger partial charge in [-0.1, -0.05) is 34.8 Å². The third-order valence-electron chi connectivity index (χ3n) is 2.53. The van der Waals surface area contributed by atoms with Crippen molar-refractivity contribution in [3.8, 4) is 0 Å². The number of pyridine rings is 1. The van der Waals surface area contributed by atoms with Crippen LogP contribution >= 0.6 is 34.8 Å². The molecule has 0 saturated carbocycles. The second kappa shape index (κ2) is 6.43. The molecule has 0 aliphatic rings. The maximum Gasteiger partial charge on any atom is 0.305 e. The largest absolute Gasteiger partial charge is 0.320 e. The van der Waals surface area contributed by atoms with E-state index in [2.05, 4.69) is 10.3 Å². The van der Waals surface area contributed by atoms with E-state index >= 15 is 0 Å². The van der Waals surface area contributed by atoms with Gasteiger partial charge in [-0.05, 0) is 6.07 Å². The Morgan fingerprint density at radius 1 is 1.23 bits per heavy atom. The van der Waals surface area contributed by atoms with Gasteiger partial charge in [0.15, 0.2) is 0 Å². The zero-order valence-corrected chi connectivity index (χ0v) is 12.7. The highest BCUT2D eigenvalue weighted by Gasteiger charge is 2.21. The van der Waals surface area contributed by atoms with E-state index in [1.54, 1.807) is 0 Å². The first-order valence-electron chi connectivity index (χ1n) is 5.55. The lowest BCUT2D eigenvalue weighted by Crippen LogP contribution is -2.13. The molecule has 2 aromatic rings. The summed E-state index contributed by atoms with van der Waals surface area (Å²) < 4.78 is 13.4. The first-order chi connectivity index (χ1) is 10.3. The molecule has 0 aliphatic carbocycles. The Kier molecular flexibility index (Phi) is 4.80. The zero-order valence-electron chi connectivity index (χ0n) is 10.4. The highest BCUT2D eigenvalue weighted by molar-refractivity contribution is 6.41. The summed E-state index contributed by atoms with van der Waals surface area (Å²) in [5.41, 5.74) is -0.926. The Hall–Kier alpha value is -1.96. The van der Waals surface area contributed by atoms with E-state index in [0.717, 1.165) is 6.07 Å². The topological polar surface area (TPSA) is 85.1 Å². The van der Waals surface area contributed by atoms with Crippen molar-refractivity contribution in [2.45, 2.75) is 0 Å². The van der Waals surface area contributed by atoms with Crippen LogP contribution in [-0.4, -0.2) is 15.8 Å². The fraction of sp³-hybridized carbons (Fsp3) is 0. The summed E-state index contributed by atoms with van der Waals surface area (Å²) in [4.78, 5) is 25.5. The second-order valence-corrected chi connectivity index (χ2v) is 5.16. The average Bonchev–Trinajstić information content (AvgIpc) is 2.42. The predicted molar refractivity (Wildman–Crippen MR) is 80.3 cm³/mol. The highest BCUT2D eigenvalue weighted by Crippen LogP contribution is 2.27. The summed E-state index contributed by atoms with van der Waals surface area (Å²) in [7, 11) is 0. The van der Waals surface area contributed by atoms with Crippen molar-refractivity contribution >= 4 is 52.1 Å². The van der Waals surface area contributed by atoms with Crippen molar-refractivity contribution in [1.82, 2.24) is 4.98 Å². The predicted octanol–water partition coefficient (Wildman–Crippen LogP) is 4.34. The van der Waals surface area contributed by atoms with Crippen molar-refractivity contribution in [3.63, 3.8) is 0 Å². The van der Waals surface area contributed by atoms with E-state index < -0.39 is 22.3 Å². The number of halogens is 4. The van der Waals surface area contributed by atoms with Crippen LogP contribution in [0.25, 0.3) is 0 Å². The Labute approximate surface area is 138 Å². The number of carbonyl (C=O) groups excluding carboxylic acids is 1. The first kappa shape index (κ1) is 16.4. The summed E-state index contributed by atoms with van der Waals surface area (Å²) in [6.07, 6.45) is 1.23. The third kappa shape index (κ3) is 3.44. The van der Waals surface area contributed by atoms with Gasteiger partial charge < -0.3 is 5.32 Å². The molecule has 0 aliphatic heterocycles. The number of nitrogens with zero attached hydrogens (tertiary/aromatic N) is 2. The number of aromatic nitrogens is 1. The van der Waals surface area contributed by atoms with E-state index in [0.29, 0.717) is 6.07 Å². The van der Waals surface area contributed by atoms with E-state index in [1.807, 2.05) is 0 Å². The summed E-state index contributed by atoms with van der Waals surface area (Å²) in [5, 5.41) is 13.0. The first-order valence-corrected chi connectivity index (χ1v) is 6.69. The van der Waals surface area contributed by atoms with Gasteiger partial charge in [0.05, 0.1) is 32.4 Å². The minimum atomic E-state index is -1.14. The molecular formula is C12H5Cl3FN3O3. The molecule has 0 atom stereocenters. The quantitative estimate of drug-likeness (QED) is 0.499. The zero-order chi connectivity index (χ0) is 16.4. The van der Waals surface area contributed by atoms with Crippen LogP contribution < -0.4 is 5.32 Å².